The number of benzene rings is 8. The maximum absolute atomic E-state index is 5.17. The van der Waals surface area contributed by atoms with Crippen LogP contribution in [0.4, 0.5) is 0 Å². The Labute approximate surface area is 328 Å². The smallest absolute Gasteiger partial charge is 0.134 e. The molecule has 8 aromatic carbocycles. The predicted molar refractivity (Wildman–Crippen MR) is 232 cm³/mol. The number of rotatable bonds is 5. The molecule has 0 bridgehead atoms. The highest BCUT2D eigenvalue weighted by Gasteiger charge is 2.25. The van der Waals surface area contributed by atoms with Crippen LogP contribution in [0.25, 0.3) is 55.1 Å². The van der Waals surface area contributed by atoms with Crippen molar-refractivity contribution in [3.05, 3.63) is 205 Å². The minimum Gasteiger partial charge on any atom is -0.359 e. The summed E-state index contributed by atoms with van der Waals surface area (Å²) in [5.74, 6) is 0.868. The Morgan fingerprint density at radius 2 is 1.15 bits per heavy atom. The van der Waals surface area contributed by atoms with Crippen molar-refractivity contribution in [3.63, 3.8) is 0 Å². The topological polar surface area (TPSA) is 29.3 Å². The van der Waals surface area contributed by atoms with Crippen LogP contribution in [0.1, 0.15) is 22.7 Å². The zero-order chi connectivity index (χ0) is 36.3. The van der Waals surface area contributed by atoms with E-state index in [2.05, 4.69) is 192 Å². The highest BCUT2D eigenvalue weighted by Crippen LogP contribution is 2.53. The third kappa shape index (κ3) is 5.58. The number of fused-ring (bicyclic) bond motifs is 8. The van der Waals surface area contributed by atoms with E-state index < -0.39 is 0 Å². The quantitative estimate of drug-likeness (QED) is 0.191. The van der Waals surface area contributed by atoms with Crippen molar-refractivity contribution in [3.8, 4) is 16.8 Å². The van der Waals surface area contributed by atoms with E-state index >= 15 is 0 Å². The molecule has 0 spiro atoms. The first-order chi connectivity index (χ1) is 27.2. The van der Waals surface area contributed by atoms with E-state index in [1.807, 2.05) is 29.6 Å². The Hall–Kier alpha value is -6.27. The minimum atomic E-state index is 0.00457. The lowest BCUT2D eigenvalue weighted by molar-refractivity contribution is 0.781. The number of aliphatic imine (C=N–C) groups is 1. The molecule has 0 amide bonds. The molecule has 1 atom stereocenters. The molecule has 9 aromatic rings. The number of amidine groups is 1. The van der Waals surface area contributed by atoms with Crippen molar-refractivity contribution < 1.29 is 0 Å². The second-order valence-corrected chi connectivity index (χ2v) is 16.1. The highest BCUT2D eigenvalue weighted by atomic mass is 32.2. The molecule has 55 heavy (non-hydrogen) atoms. The fraction of sp³-hybridized carbons (Fsp3) is 0.0200. The van der Waals surface area contributed by atoms with Crippen LogP contribution in [-0.4, -0.2) is 10.4 Å². The molecular formula is C50H33N3S2. The van der Waals surface area contributed by atoms with E-state index in [4.69, 9.17) is 4.99 Å². The largest absolute Gasteiger partial charge is 0.359 e. The summed E-state index contributed by atoms with van der Waals surface area (Å²) < 4.78 is 2.51. The predicted octanol–water partition coefficient (Wildman–Crippen LogP) is 13.4. The molecular weight excluding hydrogens is 707 g/mol. The first-order valence-electron chi connectivity index (χ1n) is 18.6. The molecule has 2 aliphatic rings. The number of nitrogens with one attached hydrogen (secondary N) is 1. The molecule has 1 N–H and O–H groups in total. The van der Waals surface area contributed by atoms with Gasteiger partial charge in [-0.05, 0) is 70.1 Å². The number of hydrogen-bond acceptors (Lipinski definition) is 4. The second kappa shape index (κ2) is 13.2. The van der Waals surface area contributed by atoms with Gasteiger partial charge in [0.15, 0.2) is 0 Å². The van der Waals surface area contributed by atoms with Crippen LogP contribution in [0.5, 0.6) is 0 Å². The SMILES string of the molecule is C1=C(c2ccccc2)N=C(c2cccc(-c3ccc(-n4c5c6c(ccc5c5ccc7ccccc7c54)Sc4ccccc4S6)cc3)c2)NC1c1ccccc1. The fourth-order valence-electron chi connectivity index (χ4n) is 8.04. The Balaban J connectivity index is 1.02. The van der Waals surface area contributed by atoms with E-state index in [0.717, 1.165) is 39.5 Å². The highest BCUT2D eigenvalue weighted by molar-refractivity contribution is 8.05. The van der Waals surface area contributed by atoms with Gasteiger partial charge in [0.05, 0.1) is 27.7 Å². The Kier molecular flexibility index (Phi) is 7.75. The summed E-state index contributed by atoms with van der Waals surface area (Å²) in [7, 11) is 0. The summed E-state index contributed by atoms with van der Waals surface area (Å²) in [4.78, 5) is 10.4. The maximum Gasteiger partial charge on any atom is 0.134 e. The van der Waals surface area contributed by atoms with E-state index in [1.165, 1.54) is 57.7 Å². The average Bonchev–Trinajstić information content (AvgIpc) is 3.62. The Morgan fingerprint density at radius 1 is 0.473 bits per heavy atom. The van der Waals surface area contributed by atoms with Crippen LogP contribution in [0.3, 0.4) is 0 Å². The average molecular weight is 740 g/mol. The van der Waals surface area contributed by atoms with Crippen molar-refractivity contribution in [2.24, 2.45) is 4.99 Å². The van der Waals surface area contributed by atoms with Gasteiger partial charge in [-0.3, -0.25) is 0 Å². The molecule has 1 aromatic heterocycles. The van der Waals surface area contributed by atoms with Crippen molar-refractivity contribution in [1.29, 1.82) is 0 Å². The van der Waals surface area contributed by atoms with Crippen molar-refractivity contribution in [2.45, 2.75) is 25.6 Å². The van der Waals surface area contributed by atoms with Crippen molar-refractivity contribution >= 4 is 67.6 Å². The van der Waals surface area contributed by atoms with Gasteiger partial charge in [0, 0.05) is 42.1 Å². The molecule has 260 valence electrons. The van der Waals surface area contributed by atoms with E-state index in [0.29, 0.717) is 0 Å². The molecule has 1 unspecified atom stereocenters. The molecule has 11 rings (SSSR count). The van der Waals surface area contributed by atoms with Crippen LogP contribution in [0.2, 0.25) is 0 Å². The number of hydrogen-bond donors (Lipinski definition) is 1. The van der Waals surface area contributed by atoms with Gasteiger partial charge in [0.25, 0.3) is 0 Å². The van der Waals surface area contributed by atoms with Gasteiger partial charge >= 0.3 is 0 Å². The van der Waals surface area contributed by atoms with Crippen LogP contribution in [0, 0.1) is 0 Å². The van der Waals surface area contributed by atoms with E-state index in [-0.39, 0.29) is 6.04 Å². The Bertz CT molecular complexity index is 3000. The fourth-order valence-corrected chi connectivity index (χ4v) is 10.4. The van der Waals surface area contributed by atoms with Gasteiger partial charge in [-0.25, -0.2) is 4.99 Å². The first kappa shape index (κ1) is 32.2. The molecule has 3 heterocycles. The molecule has 2 aliphatic heterocycles. The molecule has 0 aliphatic carbocycles. The summed E-state index contributed by atoms with van der Waals surface area (Å²) in [5.41, 5.74) is 10.3. The minimum absolute atomic E-state index is 0.00457. The second-order valence-electron chi connectivity index (χ2n) is 14.0. The van der Waals surface area contributed by atoms with Crippen LogP contribution < -0.4 is 5.32 Å². The van der Waals surface area contributed by atoms with E-state index in [1.54, 1.807) is 0 Å². The van der Waals surface area contributed by atoms with Crippen molar-refractivity contribution in [1.82, 2.24) is 9.88 Å². The summed E-state index contributed by atoms with van der Waals surface area (Å²) in [6.45, 7) is 0. The van der Waals surface area contributed by atoms with Crippen molar-refractivity contribution in [2.75, 3.05) is 0 Å². The van der Waals surface area contributed by atoms with Gasteiger partial charge in [-0.1, -0.05) is 169 Å². The van der Waals surface area contributed by atoms with Crippen LogP contribution in [0.15, 0.2) is 213 Å². The number of aromatic nitrogens is 1. The van der Waals surface area contributed by atoms with Crippen LogP contribution >= 0.6 is 23.5 Å². The zero-order valence-electron chi connectivity index (χ0n) is 29.7. The maximum atomic E-state index is 5.17. The van der Waals surface area contributed by atoms with Gasteiger partial charge in [-0.2, -0.15) is 0 Å². The lowest BCUT2D eigenvalue weighted by Crippen LogP contribution is -2.31. The summed E-state index contributed by atoms with van der Waals surface area (Å²) in [5, 5.41) is 8.79. The van der Waals surface area contributed by atoms with Gasteiger partial charge in [0.2, 0.25) is 0 Å². The molecule has 0 fully saturated rings. The summed E-state index contributed by atoms with van der Waals surface area (Å²) in [6.07, 6.45) is 2.22. The lowest BCUT2D eigenvalue weighted by Gasteiger charge is -2.24. The van der Waals surface area contributed by atoms with E-state index in [9.17, 15) is 0 Å². The Morgan fingerprint density at radius 3 is 1.98 bits per heavy atom. The zero-order valence-corrected chi connectivity index (χ0v) is 31.3. The molecule has 3 nitrogen and oxygen atoms in total. The monoisotopic (exact) mass is 739 g/mol. The third-order valence-electron chi connectivity index (χ3n) is 10.7. The van der Waals surface area contributed by atoms with Gasteiger partial charge in [0.1, 0.15) is 5.84 Å². The molecule has 0 radical (unpaired) electrons. The lowest BCUT2D eigenvalue weighted by atomic mass is 9.98. The normalized spacial score (nSPS) is 14.9. The summed E-state index contributed by atoms with van der Waals surface area (Å²) >= 11 is 3.76. The third-order valence-corrected chi connectivity index (χ3v) is 13.3. The van der Waals surface area contributed by atoms with Gasteiger partial charge < -0.3 is 9.88 Å². The first-order valence-corrected chi connectivity index (χ1v) is 20.2. The molecule has 0 saturated carbocycles. The molecule has 5 heteroatoms. The standard InChI is InChI=1S/C50H33N3S2/c1-3-13-34(14-4-1)42-31-43(35-15-5-2-6-16-35)52-50(51-42)37-18-11-17-36(30-37)32-22-25-38(26-23-32)53-47-39-19-8-7-12-33(39)24-27-40(47)41-28-29-46-49(48(41)53)55-45-21-10-9-20-44(45)54-46/h1-31,42H,(H,51,52). The number of nitrogens with zero attached hydrogens (tertiary/aromatic N) is 2. The summed E-state index contributed by atoms with van der Waals surface area (Å²) in [6, 6.07) is 65.6. The van der Waals surface area contributed by atoms with Gasteiger partial charge in [-0.15, -0.1) is 0 Å². The van der Waals surface area contributed by atoms with Crippen LogP contribution in [-0.2, 0) is 0 Å². The molecule has 0 saturated heterocycles.